The standard InChI is InChI=1S/C16H21FN2OS/c1-4-14(18)6-12-5-13(17)8-15(7-12)20-9-16-19-10(2)11(3)21-16/h5,7-8,14H,4,6,9,18H2,1-3H3. The minimum absolute atomic E-state index is 0.0453. The SMILES string of the molecule is CCC(N)Cc1cc(F)cc(OCc2nc(C)c(C)s2)c1. The first kappa shape index (κ1) is 15.9. The highest BCUT2D eigenvalue weighted by Crippen LogP contribution is 2.21. The van der Waals surface area contributed by atoms with Crippen LogP contribution in [0.15, 0.2) is 18.2 Å². The molecule has 5 heteroatoms. The molecule has 0 bridgehead atoms. The van der Waals surface area contributed by atoms with E-state index >= 15 is 0 Å². The zero-order valence-electron chi connectivity index (χ0n) is 12.6. The number of benzene rings is 1. The zero-order valence-corrected chi connectivity index (χ0v) is 13.5. The van der Waals surface area contributed by atoms with Crippen molar-refractivity contribution in [1.29, 1.82) is 0 Å². The number of nitrogens with zero attached hydrogens (tertiary/aromatic N) is 1. The number of rotatable bonds is 6. The van der Waals surface area contributed by atoms with Crippen molar-refractivity contribution in [2.75, 3.05) is 0 Å². The van der Waals surface area contributed by atoms with Crippen LogP contribution in [0.1, 0.15) is 34.5 Å². The van der Waals surface area contributed by atoms with Crippen LogP contribution in [0.25, 0.3) is 0 Å². The Hall–Kier alpha value is -1.46. The lowest BCUT2D eigenvalue weighted by molar-refractivity contribution is 0.303. The summed E-state index contributed by atoms with van der Waals surface area (Å²) in [5.41, 5.74) is 7.81. The van der Waals surface area contributed by atoms with Crippen molar-refractivity contribution in [2.24, 2.45) is 5.73 Å². The summed E-state index contributed by atoms with van der Waals surface area (Å²) in [6.07, 6.45) is 1.52. The van der Waals surface area contributed by atoms with Gasteiger partial charge in [0.05, 0.1) is 5.69 Å². The molecular weight excluding hydrogens is 287 g/mol. The third-order valence-corrected chi connectivity index (χ3v) is 4.43. The van der Waals surface area contributed by atoms with Crippen molar-refractivity contribution < 1.29 is 9.13 Å². The van der Waals surface area contributed by atoms with Gasteiger partial charge in [-0.1, -0.05) is 6.92 Å². The largest absolute Gasteiger partial charge is 0.486 e. The highest BCUT2D eigenvalue weighted by molar-refractivity contribution is 7.11. The van der Waals surface area contributed by atoms with E-state index in [1.807, 2.05) is 26.8 Å². The molecule has 0 aliphatic carbocycles. The Kier molecular flexibility index (Phi) is 5.31. The maximum atomic E-state index is 13.6. The van der Waals surface area contributed by atoms with E-state index in [-0.39, 0.29) is 11.9 Å². The molecule has 0 aliphatic rings. The molecule has 0 saturated carbocycles. The molecule has 2 N–H and O–H groups in total. The lowest BCUT2D eigenvalue weighted by Crippen LogP contribution is -2.21. The van der Waals surface area contributed by atoms with Crippen LogP contribution in [0.2, 0.25) is 0 Å². The molecule has 2 rings (SSSR count). The van der Waals surface area contributed by atoms with Crippen molar-refractivity contribution >= 4 is 11.3 Å². The van der Waals surface area contributed by atoms with Crippen LogP contribution < -0.4 is 10.5 Å². The monoisotopic (exact) mass is 308 g/mol. The Morgan fingerprint density at radius 1 is 1.33 bits per heavy atom. The maximum Gasteiger partial charge on any atom is 0.140 e. The average molecular weight is 308 g/mol. The summed E-state index contributed by atoms with van der Waals surface area (Å²) in [7, 11) is 0. The smallest absolute Gasteiger partial charge is 0.140 e. The Balaban J connectivity index is 2.05. The highest BCUT2D eigenvalue weighted by atomic mass is 32.1. The lowest BCUT2D eigenvalue weighted by Gasteiger charge is -2.11. The summed E-state index contributed by atoms with van der Waals surface area (Å²) in [5.74, 6) is 0.233. The zero-order chi connectivity index (χ0) is 15.4. The Morgan fingerprint density at radius 2 is 2.10 bits per heavy atom. The average Bonchev–Trinajstić information content (AvgIpc) is 2.75. The summed E-state index contributed by atoms with van der Waals surface area (Å²) in [4.78, 5) is 5.59. The lowest BCUT2D eigenvalue weighted by atomic mass is 10.0. The molecule has 1 heterocycles. The van der Waals surface area contributed by atoms with Crippen molar-refractivity contribution in [3.05, 3.63) is 45.2 Å². The molecule has 3 nitrogen and oxygen atoms in total. The Morgan fingerprint density at radius 3 is 2.71 bits per heavy atom. The minimum atomic E-state index is -0.294. The third kappa shape index (κ3) is 4.51. The number of nitrogens with two attached hydrogens (primary N) is 1. The fourth-order valence-corrected chi connectivity index (χ4v) is 2.86. The number of hydrogen-bond donors (Lipinski definition) is 1. The second kappa shape index (κ2) is 7.00. The van der Waals surface area contributed by atoms with E-state index in [2.05, 4.69) is 4.98 Å². The molecule has 0 spiro atoms. The van der Waals surface area contributed by atoms with Gasteiger partial charge in [0.2, 0.25) is 0 Å². The van der Waals surface area contributed by atoms with Crippen LogP contribution in [0, 0.1) is 19.7 Å². The minimum Gasteiger partial charge on any atom is -0.486 e. The summed E-state index contributed by atoms with van der Waals surface area (Å²) >= 11 is 1.61. The van der Waals surface area contributed by atoms with Crippen molar-refractivity contribution in [3.8, 4) is 5.75 Å². The van der Waals surface area contributed by atoms with E-state index in [1.165, 1.54) is 17.0 Å². The molecule has 1 atom stereocenters. The number of ether oxygens (including phenoxy) is 1. The molecule has 1 unspecified atom stereocenters. The summed E-state index contributed by atoms with van der Waals surface area (Å²) in [5, 5.41) is 0.904. The second-order valence-electron chi connectivity index (χ2n) is 5.21. The highest BCUT2D eigenvalue weighted by Gasteiger charge is 2.08. The number of aryl methyl sites for hydroxylation is 2. The van der Waals surface area contributed by atoms with Crippen molar-refractivity contribution in [1.82, 2.24) is 4.98 Å². The molecular formula is C16H21FN2OS. The van der Waals surface area contributed by atoms with Gasteiger partial charge in [0.15, 0.2) is 0 Å². The molecule has 0 fully saturated rings. The third-order valence-electron chi connectivity index (χ3n) is 3.39. The van der Waals surface area contributed by atoms with Gasteiger partial charge in [-0.3, -0.25) is 0 Å². The van der Waals surface area contributed by atoms with Gasteiger partial charge in [0, 0.05) is 17.0 Å². The van der Waals surface area contributed by atoms with Crippen molar-refractivity contribution in [2.45, 2.75) is 46.3 Å². The van der Waals surface area contributed by atoms with E-state index in [0.717, 1.165) is 22.7 Å². The van der Waals surface area contributed by atoms with Crippen LogP contribution in [-0.2, 0) is 13.0 Å². The van der Waals surface area contributed by atoms with Gasteiger partial charge >= 0.3 is 0 Å². The fraction of sp³-hybridized carbons (Fsp3) is 0.438. The predicted molar refractivity (Wildman–Crippen MR) is 84.3 cm³/mol. The van der Waals surface area contributed by atoms with E-state index in [9.17, 15) is 4.39 Å². The fourth-order valence-electron chi connectivity index (χ4n) is 2.01. The van der Waals surface area contributed by atoms with Gasteiger partial charge < -0.3 is 10.5 Å². The molecule has 0 aliphatic heterocycles. The second-order valence-corrected chi connectivity index (χ2v) is 6.49. The normalized spacial score (nSPS) is 12.4. The summed E-state index contributed by atoms with van der Waals surface area (Å²) in [6.45, 7) is 6.39. The van der Waals surface area contributed by atoms with Crippen LogP contribution in [0.5, 0.6) is 5.75 Å². The van der Waals surface area contributed by atoms with Gasteiger partial charge in [-0.25, -0.2) is 9.37 Å². The van der Waals surface area contributed by atoms with Gasteiger partial charge in [-0.2, -0.15) is 0 Å². The molecule has 0 saturated heterocycles. The summed E-state index contributed by atoms with van der Waals surface area (Å²) in [6, 6.07) is 4.81. The van der Waals surface area contributed by atoms with Crippen LogP contribution in [-0.4, -0.2) is 11.0 Å². The number of aromatic nitrogens is 1. The van der Waals surface area contributed by atoms with E-state index in [0.29, 0.717) is 18.8 Å². The molecule has 2 aromatic rings. The first-order chi connectivity index (χ1) is 9.97. The predicted octanol–water partition coefficient (Wildman–Crippen LogP) is 3.76. The molecule has 114 valence electrons. The Labute approximate surface area is 129 Å². The molecule has 0 radical (unpaired) electrons. The van der Waals surface area contributed by atoms with E-state index in [1.54, 1.807) is 11.3 Å². The first-order valence-corrected chi connectivity index (χ1v) is 7.90. The van der Waals surface area contributed by atoms with E-state index < -0.39 is 0 Å². The van der Waals surface area contributed by atoms with Crippen LogP contribution in [0.3, 0.4) is 0 Å². The van der Waals surface area contributed by atoms with Gasteiger partial charge in [-0.05, 0) is 44.4 Å². The van der Waals surface area contributed by atoms with Crippen LogP contribution >= 0.6 is 11.3 Å². The molecule has 0 amide bonds. The number of hydrogen-bond acceptors (Lipinski definition) is 4. The maximum absolute atomic E-state index is 13.6. The summed E-state index contributed by atoms with van der Waals surface area (Å²) < 4.78 is 19.3. The first-order valence-electron chi connectivity index (χ1n) is 7.08. The van der Waals surface area contributed by atoms with Gasteiger partial charge in [-0.15, -0.1) is 11.3 Å². The van der Waals surface area contributed by atoms with E-state index in [4.69, 9.17) is 10.5 Å². The Bertz CT molecular complexity index is 593. The topological polar surface area (TPSA) is 48.1 Å². The quantitative estimate of drug-likeness (QED) is 0.884. The van der Waals surface area contributed by atoms with Crippen LogP contribution in [0.4, 0.5) is 4.39 Å². The van der Waals surface area contributed by atoms with Crippen molar-refractivity contribution in [3.63, 3.8) is 0 Å². The van der Waals surface area contributed by atoms with Gasteiger partial charge in [0.1, 0.15) is 23.2 Å². The number of thiazole rings is 1. The molecule has 21 heavy (non-hydrogen) atoms. The molecule has 1 aromatic carbocycles. The molecule has 1 aromatic heterocycles. The number of halogens is 1. The van der Waals surface area contributed by atoms with Gasteiger partial charge in [0.25, 0.3) is 0 Å².